The van der Waals surface area contributed by atoms with Gasteiger partial charge in [0.05, 0.1) is 0 Å². The number of rotatable bonds is 2. The minimum atomic E-state index is 0. The highest BCUT2D eigenvalue weighted by atomic mass is 35.5. The molecule has 0 unspecified atom stereocenters. The fourth-order valence-electron chi connectivity index (χ4n) is 2.03. The van der Waals surface area contributed by atoms with Gasteiger partial charge >= 0.3 is 0 Å². The van der Waals surface area contributed by atoms with Crippen molar-refractivity contribution in [2.45, 2.75) is 44.7 Å². The van der Waals surface area contributed by atoms with Crippen LogP contribution in [0.4, 0.5) is 5.82 Å². The van der Waals surface area contributed by atoms with E-state index in [0.717, 1.165) is 31.5 Å². The number of hydrogen-bond acceptors (Lipinski definition) is 3. The highest BCUT2D eigenvalue weighted by Gasteiger charge is 2.18. The van der Waals surface area contributed by atoms with Crippen LogP contribution in [0.1, 0.15) is 31.2 Å². The van der Waals surface area contributed by atoms with E-state index in [2.05, 4.69) is 23.3 Å². The molecule has 1 aromatic rings. The normalized spacial score (nSPS) is 23.2. The van der Waals surface area contributed by atoms with E-state index in [9.17, 15) is 0 Å². The summed E-state index contributed by atoms with van der Waals surface area (Å²) in [6.45, 7) is 2.05. The van der Waals surface area contributed by atoms with Crippen molar-refractivity contribution in [3.05, 3.63) is 23.9 Å². The Morgan fingerprint density at radius 3 is 2.35 bits per heavy atom. The van der Waals surface area contributed by atoms with E-state index in [0.29, 0.717) is 12.1 Å². The maximum atomic E-state index is 5.87. The van der Waals surface area contributed by atoms with Crippen molar-refractivity contribution >= 4 is 30.6 Å². The Hall–Kier alpha value is -0.510. The van der Waals surface area contributed by atoms with Crippen molar-refractivity contribution in [1.82, 2.24) is 4.98 Å². The minimum absolute atomic E-state index is 0. The van der Waals surface area contributed by atoms with Crippen LogP contribution in [0.3, 0.4) is 0 Å². The Labute approximate surface area is 115 Å². The first-order valence-electron chi connectivity index (χ1n) is 5.69. The van der Waals surface area contributed by atoms with Gasteiger partial charge in [-0.2, -0.15) is 0 Å². The predicted octanol–water partition coefficient (Wildman–Crippen LogP) is 2.92. The maximum absolute atomic E-state index is 5.87. The molecule has 0 aliphatic heterocycles. The van der Waals surface area contributed by atoms with Gasteiger partial charge in [0.25, 0.3) is 0 Å². The highest BCUT2D eigenvalue weighted by molar-refractivity contribution is 5.85. The standard InChI is InChI=1S/C12H19N3.2ClH/c1-9-2-7-12(14-8-9)15-11-5-3-10(13)4-6-11;;/h2,7-8,10-11H,3-6,13H2,1H3,(H,14,15);2*1H/t10-,11-;;. The van der Waals surface area contributed by atoms with Crippen LogP contribution in [-0.2, 0) is 0 Å². The molecule has 0 aromatic carbocycles. The summed E-state index contributed by atoms with van der Waals surface area (Å²) in [5.74, 6) is 0.987. The van der Waals surface area contributed by atoms with Crippen molar-refractivity contribution in [1.29, 1.82) is 0 Å². The second kappa shape index (κ2) is 7.75. The number of nitrogens with two attached hydrogens (primary N) is 1. The van der Waals surface area contributed by atoms with Crippen LogP contribution < -0.4 is 11.1 Å². The maximum Gasteiger partial charge on any atom is 0.126 e. The van der Waals surface area contributed by atoms with Crippen LogP contribution in [0.25, 0.3) is 0 Å². The van der Waals surface area contributed by atoms with E-state index < -0.39 is 0 Å². The zero-order valence-corrected chi connectivity index (χ0v) is 11.7. The molecule has 17 heavy (non-hydrogen) atoms. The molecule has 2 rings (SSSR count). The number of aryl methyl sites for hydroxylation is 1. The van der Waals surface area contributed by atoms with E-state index in [4.69, 9.17) is 5.73 Å². The molecule has 0 radical (unpaired) electrons. The molecule has 1 heterocycles. The van der Waals surface area contributed by atoms with Crippen LogP contribution in [-0.4, -0.2) is 17.1 Å². The first kappa shape index (κ1) is 16.5. The van der Waals surface area contributed by atoms with E-state index in [1.807, 2.05) is 12.3 Å². The lowest BCUT2D eigenvalue weighted by atomic mass is 9.92. The lowest BCUT2D eigenvalue weighted by Gasteiger charge is -2.27. The van der Waals surface area contributed by atoms with Gasteiger partial charge < -0.3 is 11.1 Å². The Kier molecular flexibility index (Phi) is 7.51. The molecule has 1 aromatic heterocycles. The summed E-state index contributed by atoms with van der Waals surface area (Å²) >= 11 is 0. The predicted molar refractivity (Wildman–Crippen MR) is 77.3 cm³/mol. The Bertz CT molecular complexity index is 308. The van der Waals surface area contributed by atoms with Crippen LogP contribution in [0.2, 0.25) is 0 Å². The monoisotopic (exact) mass is 277 g/mol. The molecule has 98 valence electrons. The summed E-state index contributed by atoms with van der Waals surface area (Å²) in [6.07, 6.45) is 6.48. The molecule has 5 heteroatoms. The summed E-state index contributed by atoms with van der Waals surface area (Å²) in [5, 5.41) is 3.46. The molecule has 1 aliphatic rings. The number of anilines is 1. The fraction of sp³-hybridized carbons (Fsp3) is 0.583. The van der Waals surface area contributed by atoms with Crippen molar-refractivity contribution in [3.63, 3.8) is 0 Å². The summed E-state index contributed by atoms with van der Waals surface area (Å²) in [4.78, 5) is 4.35. The second-order valence-corrected chi connectivity index (χ2v) is 4.48. The first-order valence-corrected chi connectivity index (χ1v) is 5.69. The summed E-state index contributed by atoms with van der Waals surface area (Å²) in [7, 11) is 0. The first-order chi connectivity index (χ1) is 7.24. The Balaban J connectivity index is 0.00000128. The topological polar surface area (TPSA) is 50.9 Å². The minimum Gasteiger partial charge on any atom is -0.367 e. The van der Waals surface area contributed by atoms with Crippen molar-refractivity contribution in [3.8, 4) is 0 Å². The van der Waals surface area contributed by atoms with Gasteiger partial charge in [0.2, 0.25) is 0 Å². The van der Waals surface area contributed by atoms with Gasteiger partial charge in [-0.1, -0.05) is 6.07 Å². The second-order valence-electron chi connectivity index (χ2n) is 4.48. The van der Waals surface area contributed by atoms with E-state index in [-0.39, 0.29) is 24.8 Å². The third-order valence-corrected chi connectivity index (χ3v) is 3.04. The molecular formula is C12H21Cl2N3. The zero-order valence-electron chi connectivity index (χ0n) is 10.1. The third-order valence-electron chi connectivity index (χ3n) is 3.04. The number of nitrogens with zero attached hydrogens (tertiary/aromatic N) is 1. The lowest BCUT2D eigenvalue weighted by Crippen LogP contribution is -2.32. The zero-order chi connectivity index (χ0) is 10.7. The molecule has 0 amide bonds. The molecule has 0 atom stereocenters. The molecule has 0 bridgehead atoms. The lowest BCUT2D eigenvalue weighted by molar-refractivity contribution is 0.410. The van der Waals surface area contributed by atoms with Crippen LogP contribution in [0.15, 0.2) is 18.3 Å². The van der Waals surface area contributed by atoms with E-state index in [1.165, 1.54) is 5.56 Å². The van der Waals surface area contributed by atoms with Gasteiger partial charge in [-0.15, -0.1) is 24.8 Å². The SMILES string of the molecule is Cc1ccc(N[C@H]2CC[C@H](N)CC2)nc1.Cl.Cl. The number of hydrogen-bond donors (Lipinski definition) is 2. The van der Waals surface area contributed by atoms with E-state index >= 15 is 0 Å². The summed E-state index contributed by atoms with van der Waals surface area (Å²) in [5.41, 5.74) is 7.07. The third kappa shape index (κ3) is 5.11. The van der Waals surface area contributed by atoms with Gasteiger partial charge in [0.1, 0.15) is 5.82 Å². The number of pyridine rings is 1. The molecule has 0 spiro atoms. The highest BCUT2D eigenvalue weighted by Crippen LogP contribution is 2.20. The molecule has 1 saturated carbocycles. The molecule has 1 fully saturated rings. The van der Waals surface area contributed by atoms with Crippen molar-refractivity contribution < 1.29 is 0 Å². The average molecular weight is 278 g/mol. The number of aromatic nitrogens is 1. The van der Waals surface area contributed by atoms with Crippen molar-refractivity contribution in [2.75, 3.05) is 5.32 Å². The van der Waals surface area contributed by atoms with Crippen LogP contribution >= 0.6 is 24.8 Å². The smallest absolute Gasteiger partial charge is 0.126 e. The molecule has 0 saturated heterocycles. The average Bonchev–Trinajstić information content (AvgIpc) is 2.25. The molecule has 3 nitrogen and oxygen atoms in total. The van der Waals surface area contributed by atoms with Crippen LogP contribution in [0.5, 0.6) is 0 Å². The molecular weight excluding hydrogens is 257 g/mol. The van der Waals surface area contributed by atoms with Gasteiger partial charge in [-0.25, -0.2) is 4.98 Å². The fourth-order valence-corrected chi connectivity index (χ4v) is 2.03. The Morgan fingerprint density at radius 2 is 1.82 bits per heavy atom. The summed E-state index contributed by atoms with van der Waals surface area (Å²) in [6, 6.07) is 5.10. The van der Waals surface area contributed by atoms with Gasteiger partial charge in [0, 0.05) is 18.3 Å². The number of halogens is 2. The Morgan fingerprint density at radius 1 is 1.18 bits per heavy atom. The molecule has 3 N–H and O–H groups in total. The summed E-state index contributed by atoms with van der Waals surface area (Å²) < 4.78 is 0. The molecule has 1 aliphatic carbocycles. The van der Waals surface area contributed by atoms with Gasteiger partial charge in [-0.05, 0) is 44.2 Å². The van der Waals surface area contributed by atoms with Gasteiger partial charge in [-0.3, -0.25) is 0 Å². The van der Waals surface area contributed by atoms with Crippen LogP contribution in [0, 0.1) is 6.92 Å². The number of nitrogens with one attached hydrogen (secondary N) is 1. The van der Waals surface area contributed by atoms with Gasteiger partial charge in [0.15, 0.2) is 0 Å². The quantitative estimate of drug-likeness (QED) is 0.874. The van der Waals surface area contributed by atoms with Crippen molar-refractivity contribution in [2.24, 2.45) is 5.73 Å². The van der Waals surface area contributed by atoms with E-state index in [1.54, 1.807) is 0 Å². The largest absolute Gasteiger partial charge is 0.367 e.